The fourth-order valence-corrected chi connectivity index (χ4v) is 1.50. The molecule has 0 aliphatic carbocycles. The first-order valence-electron chi connectivity index (χ1n) is 4.93. The van der Waals surface area contributed by atoms with Crippen molar-refractivity contribution in [2.24, 2.45) is 17.6 Å². The average molecular weight is 202 g/mol. The van der Waals surface area contributed by atoms with Gasteiger partial charge in [0.15, 0.2) is 0 Å². The summed E-state index contributed by atoms with van der Waals surface area (Å²) in [6.07, 6.45) is 0.793. The molecule has 1 amide bonds. The molecule has 0 rings (SSSR count). The van der Waals surface area contributed by atoms with Crippen molar-refractivity contribution in [2.75, 3.05) is 34.4 Å². The van der Waals surface area contributed by atoms with Crippen molar-refractivity contribution >= 4 is 5.91 Å². The fraction of sp³-hybridized carbons (Fsp3) is 0.900. The molecule has 2 N–H and O–H groups in total. The Balaban J connectivity index is 4.08. The summed E-state index contributed by atoms with van der Waals surface area (Å²) in [5.74, 6) is 0.406. The molecule has 4 nitrogen and oxygen atoms in total. The normalized spacial score (nSPS) is 14.9. The topological polar surface area (TPSA) is 55.6 Å². The molecule has 14 heavy (non-hydrogen) atoms. The molecule has 2 unspecified atom stereocenters. The lowest BCUT2D eigenvalue weighted by Crippen LogP contribution is -2.35. The SMILES string of the molecule is COCC(C)CC(CN)C(=O)N(C)C. The second kappa shape index (κ2) is 6.79. The molecule has 4 heteroatoms. The summed E-state index contributed by atoms with van der Waals surface area (Å²) in [4.78, 5) is 13.2. The summed E-state index contributed by atoms with van der Waals surface area (Å²) in [6.45, 7) is 3.15. The number of carbonyl (C=O) groups is 1. The number of hydrogen-bond acceptors (Lipinski definition) is 3. The first kappa shape index (κ1) is 13.4. The van der Waals surface area contributed by atoms with Crippen LogP contribution in [0.2, 0.25) is 0 Å². The smallest absolute Gasteiger partial charge is 0.226 e. The lowest BCUT2D eigenvalue weighted by Gasteiger charge is -2.21. The Morgan fingerprint density at radius 1 is 1.50 bits per heavy atom. The van der Waals surface area contributed by atoms with Gasteiger partial charge < -0.3 is 15.4 Å². The van der Waals surface area contributed by atoms with Crippen LogP contribution in [0.3, 0.4) is 0 Å². The van der Waals surface area contributed by atoms with Gasteiger partial charge in [0, 0.05) is 34.4 Å². The van der Waals surface area contributed by atoms with Crippen molar-refractivity contribution in [3.63, 3.8) is 0 Å². The molecule has 0 radical (unpaired) electrons. The molecule has 84 valence electrons. The van der Waals surface area contributed by atoms with E-state index >= 15 is 0 Å². The molecule has 0 aliphatic heterocycles. The zero-order valence-electron chi connectivity index (χ0n) is 9.62. The van der Waals surface area contributed by atoms with Gasteiger partial charge in [-0.05, 0) is 12.3 Å². The number of hydrogen-bond donors (Lipinski definition) is 1. The van der Waals surface area contributed by atoms with Crippen LogP contribution in [0.4, 0.5) is 0 Å². The van der Waals surface area contributed by atoms with E-state index in [1.807, 2.05) is 0 Å². The maximum atomic E-state index is 11.6. The van der Waals surface area contributed by atoms with Crippen molar-refractivity contribution in [3.05, 3.63) is 0 Å². The van der Waals surface area contributed by atoms with Gasteiger partial charge in [-0.1, -0.05) is 6.92 Å². The Morgan fingerprint density at radius 3 is 2.43 bits per heavy atom. The first-order valence-corrected chi connectivity index (χ1v) is 4.93. The summed E-state index contributed by atoms with van der Waals surface area (Å²) in [5, 5.41) is 0. The van der Waals surface area contributed by atoms with Gasteiger partial charge >= 0.3 is 0 Å². The predicted molar refractivity (Wildman–Crippen MR) is 56.9 cm³/mol. The van der Waals surface area contributed by atoms with Crippen LogP contribution in [0, 0.1) is 11.8 Å². The molecule has 0 spiro atoms. The van der Waals surface area contributed by atoms with Gasteiger partial charge in [0.2, 0.25) is 5.91 Å². The fourth-order valence-electron chi connectivity index (χ4n) is 1.50. The van der Waals surface area contributed by atoms with Gasteiger partial charge in [-0.15, -0.1) is 0 Å². The molecule has 0 heterocycles. The molecule has 0 aromatic heterocycles. The lowest BCUT2D eigenvalue weighted by molar-refractivity contribution is -0.133. The van der Waals surface area contributed by atoms with E-state index in [4.69, 9.17) is 10.5 Å². The van der Waals surface area contributed by atoms with E-state index in [1.165, 1.54) is 0 Å². The third-order valence-corrected chi connectivity index (χ3v) is 2.21. The van der Waals surface area contributed by atoms with Gasteiger partial charge in [0.05, 0.1) is 5.92 Å². The molecule has 0 saturated carbocycles. The summed E-state index contributed by atoms with van der Waals surface area (Å²) in [6, 6.07) is 0. The van der Waals surface area contributed by atoms with E-state index in [2.05, 4.69) is 6.92 Å². The van der Waals surface area contributed by atoms with Gasteiger partial charge in [0.25, 0.3) is 0 Å². The predicted octanol–water partition coefficient (Wildman–Crippen LogP) is 0.322. The van der Waals surface area contributed by atoms with Crippen molar-refractivity contribution in [1.29, 1.82) is 0 Å². The highest BCUT2D eigenvalue weighted by Gasteiger charge is 2.20. The molecular formula is C10H22N2O2. The zero-order chi connectivity index (χ0) is 11.1. The third kappa shape index (κ3) is 4.58. The van der Waals surface area contributed by atoms with Gasteiger partial charge in [-0.3, -0.25) is 4.79 Å². The Labute approximate surface area is 86.4 Å². The van der Waals surface area contributed by atoms with Gasteiger partial charge in [0.1, 0.15) is 0 Å². The minimum absolute atomic E-state index is 0.0739. The Morgan fingerprint density at radius 2 is 2.07 bits per heavy atom. The molecule has 2 atom stereocenters. The molecule has 0 aliphatic rings. The van der Waals surface area contributed by atoms with E-state index in [0.717, 1.165) is 6.42 Å². The molecule has 0 aromatic rings. The molecule has 0 saturated heterocycles. The molecular weight excluding hydrogens is 180 g/mol. The lowest BCUT2D eigenvalue weighted by atomic mass is 9.95. The van der Waals surface area contributed by atoms with Crippen molar-refractivity contribution in [3.8, 4) is 0 Å². The van der Waals surface area contributed by atoms with E-state index < -0.39 is 0 Å². The van der Waals surface area contributed by atoms with E-state index in [-0.39, 0.29) is 11.8 Å². The number of nitrogens with zero attached hydrogens (tertiary/aromatic N) is 1. The number of nitrogens with two attached hydrogens (primary N) is 1. The second-order valence-electron chi connectivity index (χ2n) is 3.96. The van der Waals surface area contributed by atoms with Crippen LogP contribution in [-0.2, 0) is 9.53 Å². The maximum absolute atomic E-state index is 11.6. The standard InChI is InChI=1S/C10H22N2O2/c1-8(7-14-4)5-9(6-11)10(13)12(2)3/h8-9H,5-7,11H2,1-4H3. The maximum Gasteiger partial charge on any atom is 0.226 e. The average Bonchev–Trinajstić information content (AvgIpc) is 2.13. The minimum atomic E-state index is -0.0739. The number of ether oxygens (including phenoxy) is 1. The first-order chi connectivity index (χ1) is 6.52. The summed E-state index contributed by atoms with van der Waals surface area (Å²) >= 11 is 0. The Bertz CT molecular complexity index is 172. The summed E-state index contributed by atoms with van der Waals surface area (Å²) in [7, 11) is 5.18. The third-order valence-electron chi connectivity index (χ3n) is 2.21. The van der Waals surface area contributed by atoms with Crippen molar-refractivity contribution in [2.45, 2.75) is 13.3 Å². The molecule has 0 aromatic carbocycles. The van der Waals surface area contributed by atoms with Crippen LogP contribution in [0.1, 0.15) is 13.3 Å². The van der Waals surface area contributed by atoms with E-state index in [0.29, 0.717) is 19.1 Å². The van der Waals surface area contributed by atoms with Gasteiger partial charge in [-0.25, -0.2) is 0 Å². The number of rotatable bonds is 6. The summed E-state index contributed by atoms with van der Waals surface area (Å²) < 4.78 is 5.02. The Hall–Kier alpha value is -0.610. The number of methoxy groups -OCH3 is 1. The highest BCUT2D eigenvalue weighted by atomic mass is 16.5. The zero-order valence-corrected chi connectivity index (χ0v) is 9.62. The van der Waals surface area contributed by atoms with Crippen LogP contribution >= 0.6 is 0 Å². The van der Waals surface area contributed by atoms with Crippen LogP contribution in [0.5, 0.6) is 0 Å². The quantitative estimate of drug-likeness (QED) is 0.675. The Kier molecular flexibility index (Phi) is 6.49. The summed E-state index contributed by atoms with van der Waals surface area (Å²) in [5.41, 5.74) is 5.57. The van der Waals surface area contributed by atoms with E-state index in [9.17, 15) is 4.79 Å². The number of carbonyl (C=O) groups excluding carboxylic acids is 1. The minimum Gasteiger partial charge on any atom is -0.384 e. The van der Waals surface area contributed by atoms with Crippen molar-refractivity contribution in [1.82, 2.24) is 4.90 Å². The highest BCUT2D eigenvalue weighted by Crippen LogP contribution is 2.13. The highest BCUT2D eigenvalue weighted by molar-refractivity contribution is 5.78. The van der Waals surface area contributed by atoms with Crippen molar-refractivity contribution < 1.29 is 9.53 Å². The van der Waals surface area contributed by atoms with E-state index in [1.54, 1.807) is 26.1 Å². The monoisotopic (exact) mass is 202 g/mol. The van der Waals surface area contributed by atoms with Crippen LogP contribution in [0.15, 0.2) is 0 Å². The molecule has 0 fully saturated rings. The van der Waals surface area contributed by atoms with Crippen LogP contribution < -0.4 is 5.73 Å². The second-order valence-corrected chi connectivity index (χ2v) is 3.96. The van der Waals surface area contributed by atoms with Crippen LogP contribution in [-0.4, -0.2) is 45.2 Å². The molecule has 0 bridgehead atoms. The number of amides is 1. The van der Waals surface area contributed by atoms with Gasteiger partial charge in [-0.2, -0.15) is 0 Å². The largest absolute Gasteiger partial charge is 0.384 e. The van der Waals surface area contributed by atoms with Crippen LogP contribution in [0.25, 0.3) is 0 Å².